The average Bonchev–Trinajstić information content (AvgIpc) is 3.48. The second-order valence-corrected chi connectivity index (χ2v) is 8.48. The van der Waals surface area contributed by atoms with Gasteiger partial charge in [-0.3, -0.25) is 0 Å². The van der Waals surface area contributed by atoms with E-state index in [-0.39, 0.29) is 12.3 Å². The van der Waals surface area contributed by atoms with Crippen LogP contribution in [0.25, 0.3) is 10.8 Å². The van der Waals surface area contributed by atoms with Crippen LogP contribution < -0.4 is 9.47 Å². The Bertz CT molecular complexity index is 1270. The average molecular weight is 413 g/mol. The Kier molecular flexibility index (Phi) is 4.03. The van der Waals surface area contributed by atoms with Gasteiger partial charge in [-0.2, -0.15) is 5.10 Å². The summed E-state index contributed by atoms with van der Waals surface area (Å²) in [5.74, 6) is 1.80. The first kappa shape index (κ1) is 17.5. The molecule has 148 valence electrons. The molecule has 3 heterocycles. The molecule has 0 bridgehead atoms. The maximum Gasteiger partial charge on any atom is 0.214 e. The molecular formula is C25H20N2O2S. The number of hydrazone groups is 1. The maximum absolute atomic E-state index is 6.56. The second kappa shape index (κ2) is 6.89. The van der Waals surface area contributed by atoms with Gasteiger partial charge in [0.1, 0.15) is 11.5 Å². The van der Waals surface area contributed by atoms with E-state index in [1.165, 1.54) is 10.4 Å². The SMILES string of the molecule is COc1ccc([C@@H]2Oc3ccccc3[C@H]3CC(c4cccs4)=NN32)c2ccccc12. The van der Waals surface area contributed by atoms with E-state index in [0.29, 0.717) is 0 Å². The van der Waals surface area contributed by atoms with Crippen molar-refractivity contribution in [1.29, 1.82) is 0 Å². The number of hydrogen-bond acceptors (Lipinski definition) is 5. The summed E-state index contributed by atoms with van der Waals surface area (Å²) in [6.07, 6.45) is 0.587. The number of benzene rings is 3. The zero-order valence-electron chi connectivity index (χ0n) is 16.5. The van der Waals surface area contributed by atoms with Crippen LogP contribution in [0.1, 0.15) is 34.7 Å². The number of methoxy groups -OCH3 is 1. The van der Waals surface area contributed by atoms with Crippen molar-refractivity contribution in [3.63, 3.8) is 0 Å². The minimum Gasteiger partial charge on any atom is -0.496 e. The summed E-state index contributed by atoms with van der Waals surface area (Å²) >= 11 is 1.74. The highest BCUT2D eigenvalue weighted by Gasteiger charge is 2.41. The zero-order chi connectivity index (χ0) is 20.1. The molecular weight excluding hydrogens is 392 g/mol. The third kappa shape index (κ3) is 2.62. The van der Waals surface area contributed by atoms with Gasteiger partial charge in [-0.15, -0.1) is 11.3 Å². The van der Waals surface area contributed by atoms with Crippen molar-refractivity contribution in [1.82, 2.24) is 5.01 Å². The molecule has 30 heavy (non-hydrogen) atoms. The number of rotatable bonds is 3. The van der Waals surface area contributed by atoms with E-state index in [2.05, 4.69) is 65.0 Å². The van der Waals surface area contributed by atoms with E-state index in [4.69, 9.17) is 14.6 Å². The number of ether oxygens (including phenoxy) is 2. The molecule has 2 atom stereocenters. The fraction of sp³-hybridized carbons (Fsp3) is 0.160. The summed E-state index contributed by atoms with van der Waals surface area (Å²) in [7, 11) is 1.71. The van der Waals surface area contributed by atoms with Crippen LogP contribution >= 0.6 is 11.3 Å². The lowest BCUT2D eigenvalue weighted by atomic mass is 9.96. The zero-order valence-corrected chi connectivity index (χ0v) is 17.3. The smallest absolute Gasteiger partial charge is 0.214 e. The standard InChI is InChI=1S/C25H20N2O2S/c1-28-22-13-12-18(16-7-2-3-8-17(16)22)25-27-21(19-9-4-5-10-23(19)29-25)15-20(26-27)24-11-6-14-30-24/h2-14,21,25H,15H2,1H3/t21-,25+/m1/s1. The third-order valence-corrected chi connectivity index (χ3v) is 6.83. The normalized spacial score (nSPS) is 19.8. The van der Waals surface area contributed by atoms with E-state index >= 15 is 0 Å². The quantitative estimate of drug-likeness (QED) is 0.405. The Morgan fingerprint density at radius 3 is 2.60 bits per heavy atom. The van der Waals surface area contributed by atoms with Crippen molar-refractivity contribution >= 4 is 27.8 Å². The van der Waals surface area contributed by atoms with Gasteiger partial charge in [-0.1, -0.05) is 48.5 Å². The molecule has 0 saturated carbocycles. The van der Waals surface area contributed by atoms with Crippen LogP contribution in [0.15, 0.2) is 83.3 Å². The highest BCUT2D eigenvalue weighted by Crippen LogP contribution is 2.49. The van der Waals surface area contributed by atoms with E-state index < -0.39 is 0 Å². The fourth-order valence-electron chi connectivity index (χ4n) is 4.52. The minimum atomic E-state index is -0.293. The van der Waals surface area contributed by atoms with Crippen molar-refractivity contribution in [2.24, 2.45) is 5.10 Å². The maximum atomic E-state index is 6.56. The Morgan fingerprint density at radius 2 is 1.77 bits per heavy atom. The first-order chi connectivity index (χ1) is 14.8. The highest BCUT2D eigenvalue weighted by molar-refractivity contribution is 7.12. The van der Waals surface area contributed by atoms with Gasteiger partial charge in [-0.25, -0.2) is 5.01 Å². The molecule has 0 amide bonds. The fourth-order valence-corrected chi connectivity index (χ4v) is 5.24. The van der Waals surface area contributed by atoms with E-state index in [1.807, 2.05) is 18.2 Å². The largest absolute Gasteiger partial charge is 0.496 e. The monoisotopic (exact) mass is 412 g/mol. The lowest BCUT2D eigenvalue weighted by molar-refractivity contribution is -0.0180. The summed E-state index contributed by atoms with van der Waals surface area (Å²) in [4.78, 5) is 1.22. The molecule has 0 radical (unpaired) electrons. The van der Waals surface area contributed by atoms with Crippen LogP contribution in [-0.4, -0.2) is 17.8 Å². The van der Waals surface area contributed by atoms with Crippen LogP contribution in [-0.2, 0) is 0 Å². The van der Waals surface area contributed by atoms with E-state index in [0.717, 1.165) is 40.0 Å². The molecule has 6 rings (SSSR count). The lowest BCUT2D eigenvalue weighted by Crippen LogP contribution is -2.33. The molecule has 2 aliphatic rings. The van der Waals surface area contributed by atoms with Crippen LogP contribution in [0.2, 0.25) is 0 Å². The van der Waals surface area contributed by atoms with Gasteiger partial charge >= 0.3 is 0 Å². The molecule has 0 unspecified atom stereocenters. The predicted octanol–water partition coefficient (Wildman–Crippen LogP) is 6.15. The summed E-state index contributed by atoms with van der Waals surface area (Å²) in [6.45, 7) is 0. The number of hydrogen-bond donors (Lipinski definition) is 0. The molecule has 3 aromatic carbocycles. The van der Waals surface area contributed by atoms with Crippen LogP contribution in [0.4, 0.5) is 0 Å². The third-order valence-electron chi connectivity index (χ3n) is 5.91. The summed E-state index contributed by atoms with van der Waals surface area (Å²) in [5, 5.41) is 11.5. The molecule has 4 aromatic rings. The van der Waals surface area contributed by atoms with Gasteiger partial charge in [0.25, 0.3) is 0 Å². The molecule has 2 aliphatic heterocycles. The van der Waals surface area contributed by atoms with Crippen LogP contribution in [0.5, 0.6) is 11.5 Å². The van der Waals surface area contributed by atoms with Crippen molar-refractivity contribution in [2.75, 3.05) is 7.11 Å². The van der Waals surface area contributed by atoms with Gasteiger partial charge in [0, 0.05) is 22.9 Å². The summed E-state index contributed by atoms with van der Waals surface area (Å²) in [5.41, 5.74) is 3.42. The minimum absolute atomic E-state index is 0.165. The number of nitrogens with zero attached hydrogens (tertiary/aromatic N) is 2. The first-order valence-electron chi connectivity index (χ1n) is 10.0. The number of para-hydroxylation sites is 1. The number of thiophene rings is 1. The molecule has 0 N–H and O–H groups in total. The summed E-state index contributed by atoms with van der Waals surface area (Å²) < 4.78 is 12.2. The van der Waals surface area contributed by atoms with E-state index in [1.54, 1.807) is 18.4 Å². The Balaban J connectivity index is 1.53. The number of fused-ring (bicyclic) bond motifs is 4. The van der Waals surface area contributed by atoms with Gasteiger partial charge < -0.3 is 9.47 Å². The topological polar surface area (TPSA) is 34.1 Å². The second-order valence-electron chi connectivity index (χ2n) is 7.53. The van der Waals surface area contributed by atoms with Gasteiger partial charge in [0.2, 0.25) is 6.23 Å². The van der Waals surface area contributed by atoms with Gasteiger partial charge in [0.05, 0.1) is 23.7 Å². The molecule has 1 aromatic heterocycles. The first-order valence-corrected chi connectivity index (χ1v) is 10.9. The van der Waals surface area contributed by atoms with E-state index in [9.17, 15) is 0 Å². The van der Waals surface area contributed by atoms with Crippen LogP contribution in [0, 0.1) is 0 Å². The van der Waals surface area contributed by atoms with Crippen molar-refractivity contribution in [2.45, 2.75) is 18.7 Å². The molecule has 0 aliphatic carbocycles. The highest BCUT2D eigenvalue weighted by atomic mass is 32.1. The Morgan fingerprint density at radius 1 is 0.933 bits per heavy atom. The Labute approximate surface area is 179 Å². The molecule has 0 spiro atoms. The summed E-state index contributed by atoms with van der Waals surface area (Å²) in [6, 6.07) is 25.2. The van der Waals surface area contributed by atoms with Gasteiger partial charge in [-0.05, 0) is 35.0 Å². The van der Waals surface area contributed by atoms with Crippen molar-refractivity contribution in [3.8, 4) is 11.5 Å². The Hall–Kier alpha value is -3.31. The predicted molar refractivity (Wildman–Crippen MR) is 120 cm³/mol. The van der Waals surface area contributed by atoms with Crippen molar-refractivity contribution < 1.29 is 9.47 Å². The molecule has 4 nitrogen and oxygen atoms in total. The molecule has 0 fully saturated rings. The van der Waals surface area contributed by atoms with Crippen molar-refractivity contribution in [3.05, 3.63) is 94.2 Å². The lowest BCUT2D eigenvalue weighted by Gasteiger charge is -2.38. The van der Waals surface area contributed by atoms with Gasteiger partial charge in [0.15, 0.2) is 0 Å². The van der Waals surface area contributed by atoms with Crippen LogP contribution in [0.3, 0.4) is 0 Å². The molecule has 5 heteroatoms. The molecule has 0 saturated heterocycles.